The van der Waals surface area contributed by atoms with Gasteiger partial charge in [-0.3, -0.25) is 0 Å². The number of hydrogen-bond donors (Lipinski definition) is 4. The number of anilines is 2. The van der Waals surface area contributed by atoms with E-state index >= 15 is 0 Å². The molecule has 0 fully saturated rings. The second-order valence-electron chi connectivity index (χ2n) is 5.77. The lowest BCUT2D eigenvalue weighted by atomic mass is 10.1. The maximum Gasteiger partial charge on any atom is 0.390 e. The van der Waals surface area contributed by atoms with Crippen molar-refractivity contribution in [1.29, 1.82) is 0 Å². The molecule has 0 spiro atoms. The maximum absolute atomic E-state index is 12.0. The summed E-state index contributed by atoms with van der Waals surface area (Å²) in [6.45, 7) is -0.345. The molecule has 0 atom stereocenters. The molecule has 2 aromatic carbocycles. The van der Waals surface area contributed by atoms with Crippen LogP contribution < -0.4 is 11.1 Å². The van der Waals surface area contributed by atoms with Gasteiger partial charge in [-0.1, -0.05) is 0 Å². The molecule has 5 N–H and O–H groups in total. The number of carboxylic acids is 2. The molecule has 6 nitrogen and oxygen atoms in total. The standard InChI is InChI=1S/C11H12F3NO2S.C8H9NO2S/c1-18-7-2-3-9(8(6-7)10(16)17)15-5-4-11(12,13)14;1-12-5-2-3-7(9)6(4-5)8(10)11/h2-3,6,15H,4-5H2,1H3,(H,16,17);2-4H,9H2,1H3,(H,10,11). The molecule has 30 heavy (non-hydrogen) atoms. The van der Waals surface area contributed by atoms with Gasteiger partial charge in [-0.25, -0.2) is 9.59 Å². The Morgan fingerprint density at radius 2 is 1.47 bits per heavy atom. The fourth-order valence-electron chi connectivity index (χ4n) is 2.17. The van der Waals surface area contributed by atoms with E-state index < -0.39 is 24.5 Å². The number of aromatic carboxylic acids is 2. The molecule has 164 valence electrons. The Bertz CT molecular complexity index is 893. The number of halogens is 3. The van der Waals surface area contributed by atoms with Crippen LogP contribution in [0.4, 0.5) is 24.5 Å². The minimum Gasteiger partial charge on any atom is -0.478 e. The first kappa shape index (κ1) is 25.5. The molecule has 0 saturated heterocycles. The first-order chi connectivity index (χ1) is 14.0. The van der Waals surface area contributed by atoms with Crippen molar-refractivity contribution in [3.63, 3.8) is 0 Å². The van der Waals surface area contributed by atoms with Crippen molar-refractivity contribution in [2.45, 2.75) is 22.4 Å². The highest BCUT2D eigenvalue weighted by Gasteiger charge is 2.26. The fraction of sp³-hybridized carbons (Fsp3) is 0.263. The zero-order valence-corrected chi connectivity index (χ0v) is 17.7. The molecule has 0 aliphatic heterocycles. The van der Waals surface area contributed by atoms with Gasteiger partial charge in [-0.2, -0.15) is 13.2 Å². The van der Waals surface area contributed by atoms with E-state index in [0.717, 1.165) is 9.79 Å². The summed E-state index contributed by atoms with van der Waals surface area (Å²) in [4.78, 5) is 23.2. The van der Waals surface area contributed by atoms with Crippen LogP contribution in [0.1, 0.15) is 27.1 Å². The topological polar surface area (TPSA) is 113 Å². The first-order valence-corrected chi connectivity index (χ1v) is 10.8. The van der Waals surface area contributed by atoms with Gasteiger partial charge in [0.25, 0.3) is 0 Å². The number of nitrogens with two attached hydrogens (primary N) is 1. The average Bonchev–Trinajstić information content (AvgIpc) is 2.67. The zero-order valence-electron chi connectivity index (χ0n) is 16.1. The van der Waals surface area contributed by atoms with Crippen LogP contribution in [0.5, 0.6) is 0 Å². The van der Waals surface area contributed by atoms with Gasteiger partial charge in [0, 0.05) is 27.7 Å². The second-order valence-corrected chi connectivity index (χ2v) is 7.53. The average molecular weight is 463 g/mol. The van der Waals surface area contributed by atoms with Crippen molar-refractivity contribution in [2.24, 2.45) is 0 Å². The van der Waals surface area contributed by atoms with E-state index in [4.69, 9.17) is 15.9 Å². The first-order valence-electron chi connectivity index (χ1n) is 8.37. The highest BCUT2D eigenvalue weighted by Crippen LogP contribution is 2.25. The van der Waals surface area contributed by atoms with Gasteiger partial charge < -0.3 is 21.3 Å². The van der Waals surface area contributed by atoms with Gasteiger partial charge in [0.2, 0.25) is 0 Å². The van der Waals surface area contributed by atoms with Crippen LogP contribution in [0, 0.1) is 0 Å². The lowest BCUT2D eigenvalue weighted by Gasteiger charge is -2.12. The van der Waals surface area contributed by atoms with E-state index in [2.05, 4.69) is 5.32 Å². The lowest BCUT2D eigenvalue weighted by molar-refractivity contribution is -0.131. The van der Waals surface area contributed by atoms with Crippen molar-refractivity contribution >= 4 is 46.8 Å². The van der Waals surface area contributed by atoms with E-state index in [-0.39, 0.29) is 23.4 Å². The molecule has 0 heterocycles. The summed E-state index contributed by atoms with van der Waals surface area (Å²) in [5.74, 6) is -2.15. The van der Waals surface area contributed by atoms with Crippen molar-refractivity contribution < 1.29 is 33.0 Å². The predicted molar refractivity (Wildman–Crippen MR) is 114 cm³/mol. The molecule has 2 aromatic rings. The number of hydrogen-bond acceptors (Lipinski definition) is 6. The summed E-state index contributed by atoms with van der Waals surface area (Å²) < 4.78 is 35.9. The third-order valence-electron chi connectivity index (χ3n) is 3.67. The highest BCUT2D eigenvalue weighted by atomic mass is 32.2. The molecule has 11 heteroatoms. The molecule has 0 radical (unpaired) electrons. The Morgan fingerprint density at radius 3 is 1.93 bits per heavy atom. The van der Waals surface area contributed by atoms with Crippen LogP contribution in [0.15, 0.2) is 46.2 Å². The van der Waals surface area contributed by atoms with Crippen molar-refractivity contribution in [3.8, 4) is 0 Å². The number of carbonyl (C=O) groups is 2. The number of carboxylic acid groups (broad SMARTS) is 2. The van der Waals surface area contributed by atoms with E-state index in [0.29, 0.717) is 5.69 Å². The van der Waals surface area contributed by atoms with Crippen LogP contribution in [0.2, 0.25) is 0 Å². The van der Waals surface area contributed by atoms with Crippen LogP contribution >= 0.6 is 23.5 Å². The monoisotopic (exact) mass is 462 g/mol. The van der Waals surface area contributed by atoms with E-state index in [9.17, 15) is 22.8 Å². The van der Waals surface area contributed by atoms with Gasteiger partial charge in [-0.15, -0.1) is 23.5 Å². The Hall–Kier alpha value is -2.53. The van der Waals surface area contributed by atoms with Gasteiger partial charge in [0.15, 0.2) is 0 Å². The predicted octanol–water partition coefficient (Wildman–Crippen LogP) is 5.16. The van der Waals surface area contributed by atoms with Gasteiger partial charge in [-0.05, 0) is 48.9 Å². The summed E-state index contributed by atoms with van der Waals surface area (Å²) in [7, 11) is 0. The molecular formula is C19H21F3N2O4S2. The molecule has 0 aliphatic rings. The molecular weight excluding hydrogens is 441 g/mol. The van der Waals surface area contributed by atoms with Crippen molar-refractivity contribution in [3.05, 3.63) is 47.5 Å². The summed E-state index contributed by atoms with van der Waals surface area (Å²) >= 11 is 2.86. The molecule has 0 unspecified atom stereocenters. The number of alkyl halides is 3. The van der Waals surface area contributed by atoms with E-state index in [1.165, 1.54) is 35.7 Å². The largest absolute Gasteiger partial charge is 0.478 e. The Balaban J connectivity index is 0.000000325. The molecule has 0 saturated carbocycles. The van der Waals surface area contributed by atoms with Crippen molar-refractivity contribution in [2.75, 3.05) is 30.1 Å². The van der Waals surface area contributed by atoms with Crippen LogP contribution in [0.25, 0.3) is 0 Å². The number of thioether (sulfide) groups is 2. The summed E-state index contributed by atoms with van der Waals surface area (Å²) in [5.41, 5.74) is 6.10. The number of benzene rings is 2. The molecule has 0 amide bonds. The molecule has 0 aliphatic carbocycles. The molecule has 0 bridgehead atoms. The molecule has 0 aromatic heterocycles. The lowest BCUT2D eigenvalue weighted by Crippen LogP contribution is -2.16. The van der Waals surface area contributed by atoms with E-state index in [1.54, 1.807) is 30.5 Å². The smallest absolute Gasteiger partial charge is 0.390 e. The minimum atomic E-state index is -4.25. The maximum atomic E-state index is 12.0. The SMILES string of the molecule is CSc1ccc(N)c(C(=O)O)c1.CSc1ccc(NCCC(F)(F)F)c(C(=O)O)c1. The quantitative estimate of drug-likeness (QED) is 0.330. The minimum absolute atomic E-state index is 0.0241. The Morgan fingerprint density at radius 1 is 0.967 bits per heavy atom. The Kier molecular flexibility index (Phi) is 9.86. The van der Waals surface area contributed by atoms with Crippen molar-refractivity contribution in [1.82, 2.24) is 0 Å². The van der Waals surface area contributed by atoms with Gasteiger partial charge >= 0.3 is 18.1 Å². The van der Waals surface area contributed by atoms with Gasteiger partial charge in [0.1, 0.15) is 0 Å². The normalized spacial score (nSPS) is 10.7. The molecule has 2 rings (SSSR count). The third-order valence-corrected chi connectivity index (χ3v) is 5.12. The van der Waals surface area contributed by atoms with Crippen LogP contribution in [-0.2, 0) is 0 Å². The highest BCUT2D eigenvalue weighted by molar-refractivity contribution is 7.98. The number of nitrogens with one attached hydrogen (secondary N) is 1. The van der Waals surface area contributed by atoms with E-state index in [1.807, 2.05) is 6.26 Å². The number of rotatable bonds is 7. The zero-order chi connectivity index (χ0) is 22.9. The summed E-state index contributed by atoms with van der Waals surface area (Å²) in [5, 5.41) is 20.2. The summed E-state index contributed by atoms with van der Waals surface area (Å²) in [6, 6.07) is 9.55. The van der Waals surface area contributed by atoms with Gasteiger partial charge in [0.05, 0.1) is 17.5 Å². The number of nitrogen functional groups attached to an aromatic ring is 1. The summed E-state index contributed by atoms with van der Waals surface area (Å²) in [6.07, 6.45) is -1.58. The third kappa shape index (κ3) is 8.46. The van der Waals surface area contributed by atoms with Crippen LogP contribution in [-0.4, -0.2) is 47.4 Å². The second kappa shape index (κ2) is 11.6. The fourth-order valence-corrected chi connectivity index (χ4v) is 3.05. The Labute approximate surface area is 180 Å². The van der Waals surface area contributed by atoms with Crippen LogP contribution in [0.3, 0.4) is 0 Å².